The van der Waals surface area contributed by atoms with E-state index < -0.39 is 0 Å². The van der Waals surface area contributed by atoms with Gasteiger partial charge in [-0.2, -0.15) is 11.8 Å². The molecule has 0 aromatic heterocycles. The second-order valence-corrected chi connectivity index (χ2v) is 5.29. The predicted octanol–water partition coefficient (Wildman–Crippen LogP) is 2.40. The number of nitrogens with two attached hydrogens (primary N) is 1. The monoisotopic (exact) mass is 240 g/mol. The molecule has 1 unspecified atom stereocenters. The molecule has 88 valence electrons. The molecule has 1 aliphatic heterocycles. The summed E-state index contributed by atoms with van der Waals surface area (Å²) in [4.78, 5) is 2.23. The minimum Gasteiger partial charge on any atom is -0.370 e. The highest BCUT2D eigenvalue weighted by molar-refractivity contribution is 7.99. The molecule has 1 atom stereocenters. The van der Waals surface area contributed by atoms with E-state index in [1.54, 1.807) is 6.07 Å². The van der Waals surface area contributed by atoms with Gasteiger partial charge < -0.3 is 10.6 Å². The van der Waals surface area contributed by atoms with Crippen molar-refractivity contribution in [2.75, 3.05) is 29.5 Å². The summed E-state index contributed by atoms with van der Waals surface area (Å²) in [5, 5.41) is 0. The van der Waals surface area contributed by atoms with E-state index >= 15 is 0 Å². The second-order valence-electron chi connectivity index (χ2n) is 4.06. The van der Waals surface area contributed by atoms with Gasteiger partial charge in [-0.15, -0.1) is 0 Å². The van der Waals surface area contributed by atoms with Crippen LogP contribution in [0.4, 0.5) is 10.1 Å². The molecule has 1 heterocycles. The minimum absolute atomic E-state index is 0.189. The Morgan fingerprint density at radius 3 is 2.69 bits per heavy atom. The van der Waals surface area contributed by atoms with E-state index in [1.165, 1.54) is 6.07 Å². The van der Waals surface area contributed by atoms with E-state index in [9.17, 15) is 4.39 Å². The van der Waals surface area contributed by atoms with E-state index in [2.05, 4.69) is 4.90 Å². The molecule has 0 bridgehead atoms. The Bertz CT molecular complexity index is 362. The lowest BCUT2D eigenvalue weighted by Crippen LogP contribution is -2.34. The molecule has 4 heteroatoms. The lowest BCUT2D eigenvalue weighted by molar-refractivity contribution is 0.592. The lowest BCUT2D eigenvalue weighted by atomic mass is 10.0. The molecule has 1 saturated heterocycles. The normalized spacial score (nSPS) is 18.6. The molecule has 2 nitrogen and oxygen atoms in total. The maximum atomic E-state index is 13.7. The Morgan fingerprint density at radius 1 is 1.38 bits per heavy atom. The number of anilines is 1. The molecule has 16 heavy (non-hydrogen) atoms. The Hall–Kier alpha value is -0.740. The zero-order valence-corrected chi connectivity index (χ0v) is 10.3. The van der Waals surface area contributed by atoms with Crippen molar-refractivity contribution in [2.45, 2.75) is 13.0 Å². The Kier molecular flexibility index (Phi) is 3.71. The van der Waals surface area contributed by atoms with Crippen LogP contribution in [0.15, 0.2) is 18.2 Å². The van der Waals surface area contributed by atoms with Crippen LogP contribution in [0.3, 0.4) is 0 Å². The lowest BCUT2D eigenvalue weighted by Gasteiger charge is -2.31. The third-order valence-electron chi connectivity index (χ3n) is 2.84. The van der Waals surface area contributed by atoms with Crippen molar-refractivity contribution in [3.63, 3.8) is 0 Å². The van der Waals surface area contributed by atoms with Crippen molar-refractivity contribution < 1.29 is 4.39 Å². The van der Waals surface area contributed by atoms with Crippen molar-refractivity contribution >= 4 is 17.4 Å². The van der Waals surface area contributed by atoms with Crippen molar-refractivity contribution in [1.29, 1.82) is 0 Å². The third kappa shape index (κ3) is 2.33. The van der Waals surface area contributed by atoms with Crippen LogP contribution < -0.4 is 10.6 Å². The fourth-order valence-electron chi connectivity index (χ4n) is 2.06. The number of rotatable bonds is 2. The number of nitrogens with zero attached hydrogens (tertiary/aromatic N) is 1. The maximum absolute atomic E-state index is 13.7. The quantitative estimate of drug-likeness (QED) is 0.860. The van der Waals surface area contributed by atoms with E-state index in [1.807, 2.05) is 24.8 Å². The highest BCUT2D eigenvalue weighted by Crippen LogP contribution is 2.29. The van der Waals surface area contributed by atoms with Gasteiger partial charge in [0.2, 0.25) is 0 Å². The largest absolute Gasteiger partial charge is 0.370 e. The van der Waals surface area contributed by atoms with Crippen LogP contribution in [0.5, 0.6) is 0 Å². The summed E-state index contributed by atoms with van der Waals surface area (Å²) in [6.07, 6.45) is 0. The first-order chi connectivity index (χ1) is 7.70. The van der Waals surface area contributed by atoms with Crippen LogP contribution in [-0.4, -0.2) is 24.6 Å². The van der Waals surface area contributed by atoms with Gasteiger partial charge in [0.25, 0.3) is 0 Å². The van der Waals surface area contributed by atoms with Gasteiger partial charge in [0, 0.05) is 41.9 Å². The van der Waals surface area contributed by atoms with Gasteiger partial charge in [-0.25, -0.2) is 4.39 Å². The van der Waals surface area contributed by atoms with Crippen LogP contribution in [0, 0.1) is 5.82 Å². The molecule has 1 aromatic carbocycles. The zero-order chi connectivity index (χ0) is 11.5. The average molecular weight is 240 g/mol. The maximum Gasteiger partial charge on any atom is 0.130 e. The van der Waals surface area contributed by atoms with E-state index in [4.69, 9.17) is 5.73 Å². The number of hydrogen-bond donors (Lipinski definition) is 1. The average Bonchev–Trinajstić information content (AvgIpc) is 2.29. The molecule has 0 amide bonds. The molecule has 0 saturated carbocycles. The topological polar surface area (TPSA) is 29.3 Å². The first-order valence-electron chi connectivity index (χ1n) is 5.57. The number of thioether (sulfide) groups is 1. The highest BCUT2D eigenvalue weighted by atomic mass is 32.2. The molecule has 1 aliphatic rings. The van der Waals surface area contributed by atoms with Crippen LogP contribution in [-0.2, 0) is 0 Å². The minimum atomic E-state index is -0.259. The van der Waals surface area contributed by atoms with E-state index in [0.29, 0.717) is 5.56 Å². The Balaban J connectivity index is 2.34. The second kappa shape index (κ2) is 5.06. The van der Waals surface area contributed by atoms with Gasteiger partial charge in [0.15, 0.2) is 0 Å². The highest BCUT2D eigenvalue weighted by Gasteiger charge is 2.18. The van der Waals surface area contributed by atoms with Gasteiger partial charge in [-0.05, 0) is 19.1 Å². The first-order valence-corrected chi connectivity index (χ1v) is 6.72. The summed E-state index contributed by atoms with van der Waals surface area (Å²) in [6, 6.07) is 4.96. The Labute approximate surface area is 100 Å². The summed E-state index contributed by atoms with van der Waals surface area (Å²) in [7, 11) is 0. The molecule has 2 rings (SSSR count). The van der Waals surface area contributed by atoms with Gasteiger partial charge in [0.05, 0.1) is 0 Å². The summed E-state index contributed by atoms with van der Waals surface area (Å²) in [5.74, 6) is 2.02. The third-order valence-corrected chi connectivity index (χ3v) is 3.78. The molecular weight excluding hydrogens is 223 g/mol. The Morgan fingerprint density at radius 2 is 2.06 bits per heavy atom. The summed E-state index contributed by atoms with van der Waals surface area (Å²) >= 11 is 1.95. The molecule has 0 aliphatic carbocycles. The first kappa shape index (κ1) is 11.7. The van der Waals surface area contributed by atoms with E-state index in [-0.39, 0.29) is 11.9 Å². The summed E-state index contributed by atoms with van der Waals surface area (Å²) in [6.45, 7) is 3.79. The standard InChI is InChI=1S/C12H17FN2S/c1-9(14)12-10(13)3-2-4-11(12)15-5-7-16-8-6-15/h2-4,9H,5-8,14H2,1H3. The predicted molar refractivity (Wildman–Crippen MR) is 68.5 cm³/mol. The van der Waals surface area contributed by atoms with Crippen LogP contribution in [0.1, 0.15) is 18.5 Å². The van der Waals surface area contributed by atoms with E-state index in [0.717, 1.165) is 30.3 Å². The molecule has 2 N–H and O–H groups in total. The molecular formula is C12H17FN2S. The molecule has 0 radical (unpaired) electrons. The number of halogens is 1. The molecule has 1 fully saturated rings. The fraction of sp³-hybridized carbons (Fsp3) is 0.500. The molecule has 1 aromatic rings. The summed E-state index contributed by atoms with van der Waals surface area (Å²) < 4.78 is 13.7. The van der Waals surface area contributed by atoms with Gasteiger partial charge in [0.1, 0.15) is 5.82 Å². The SMILES string of the molecule is CC(N)c1c(F)cccc1N1CCSCC1. The number of hydrogen-bond acceptors (Lipinski definition) is 3. The smallest absolute Gasteiger partial charge is 0.130 e. The fourth-order valence-corrected chi connectivity index (χ4v) is 2.96. The van der Waals surface area contributed by atoms with Crippen molar-refractivity contribution in [3.8, 4) is 0 Å². The van der Waals surface area contributed by atoms with Crippen molar-refractivity contribution in [1.82, 2.24) is 0 Å². The van der Waals surface area contributed by atoms with Gasteiger partial charge in [-0.1, -0.05) is 6.07 Å². The van der Waals surface area contributed by atoms with Crippen molar-refractivity contribution in [3.05, 3.63) is 29.6 Å². The van der Waals surface area contributed by atoms with Crippen LogP contribution in [0.2, 0.25) is 0 Å². The van der Waals surface area contributed by atoms with Crippen LogP contribution in [0.25, 0.3) is 0 Å². The zero-order valence-electron chi connectivity index (χ0n) is 9.45. The van der Waals surface area contributed by atoms with Gasteiger partial charge >= 0.3 is 0 Å². The van der Waals surface area contributed by atoms with Crippen LogP contribution >= 0.6 is 11.8 Å². The summed E-state index contributed by atoms with van der Waals surface area (Å²) in [5.41, 5.74) is 7.47. The number of benzene rings is 1. The van der Waals surface area contributed by atoms with Crippen molar-refractivity contribution in [2.24, 2.45) is 5.73 Å². The molecule has 0 spiro atoms. The van der Waals surface area contributed by atoms with Gasteiger partial charge in [-0.3, -0.25) is 0 Å².